The van der Waals surface area contributed by atoms with Crippen molar-refractivity contribution in [2.75, 3.05) is 19.6 Å². The van der Waals surface area contributed by atoms with Crippen LogP contribution in [0.15, 0.2) is 30.3 Å². The highest BCUT2D eigenvalue weighted by Gasteiger charge is 2.32. The quantitative estimate of drug-likeness (QED) is 0.918. The van der Waals surface area contributed by atoms with Gasteiger partial charge < -0.3 is 10.6 Å². The molecule has 2 heterocycles. The van der Waals surface area contributed by atoms with Crippen LogP contribution in [0.2, 0.25) is 0 Å². The van der Waals surface area contributed by atoms with Gasteiger partial charge in [-0.15, -0.1) is 0 Å². The Labute approximate surface area is 126 Å². The fraction of sp³-hybridized carbons (Fsp3) is 0.588. The average molecular weight is 287 g/mol. The largest absolute Gasteiger partial charge is 0.338 e. The third-order valence-corrected chi connectivity index (χ3v) is 4.76. The van der Waals surface area contributed by atoms with Gasteiger partial charge in [0.25, 0.3) is 0 Å². The molecule has 2 N–H and O–H groups in total. The summed E-state index contributed by atoms with van der Waals surface area (Å²) < 4.78 is 0. The summed E-state index contributed by atoms with van der Waals surface area (Å²) in [5.74, 6) is 0.169. The molecule has 1 amide bonds. The van der Waals surface area contributed by atoms with Crippen molar-refractivity contribution in [2.24, 2.45) is 5.73 Å². The Kier molecular flexibility index (Phi) is 4.56. The van der Waals surface area contributed by atoms with Gasteiger partial charge in [0.15, 0.2) is 0 Å². The van der Waals surface area contributed by atoms with Crippen LogP contribution in [0.1, 0.15) is 31.2 Å². The van der Waals surface area contributed by atoms with E-state index in [1.807, 2.05) is 4.90 Å². The van der Waals surface area contributed by atoms with Crippen molar-refractivity contribution in [3.8, 4) is 0 Å². The van der Waals surface area contributed by atoms with E-state index in [1.54, 1.807) is 0 Å². The second kappa shape index (κ2) is 6.58. The molecular weight excluding hydrogens is 262 g/mol. The molecule has 0 aromatic heterocycles. The molecule has 4 nitrogen and oxygen atoms in total. The zero-order valence-electron chi connectivity index (χ0n) is 12.6. The van der Waals surface area contributed by atoms with Crippen LogP contribution >= 0.6 is 0 Å². The minimum absolute atomic E-state index is 0.169. The van der Waals surface area contributed by atoms with E-state index in [1.165, 1.54) is 5.56 Å². The molecule has 2 aliphatic rings. The van der Waals surface area contributed by atoms with E-state index in [4.69, 9.17) is 5.73 Å². The molecule has 1 aromatic rings. The predicted octanol–water partition coefficient (Wildman–Crippen LogP) is 1.60. The van der Waals surface area contributed by atoms with Gasteiger partial charge in [-0.2, -0.15) is 0 Å². The molecule has 3 rings (SSSR count). The minimum atomic E-state index is -0.263. The lowest BCUT2D eigenvalue weighted by atomic mass is 9.97. The number of amides is 1. The first-order chi connectivity index (χ1) is 10.2. The standard InChI is InChI=1S/C17H25N3O/c18-16-7-4-10-20(17(16)21)15-8-11-19(12-9-15)13-14-5-2-1-3-6-14/h1-3,5-6,15-16H,4,7-13,18H2. The van der Waals surface area contributed by atoms with Crippen molar-refractivity contribution >= 4 is 5.91 Å². The fourth-order valence-electron chi connectivity index (χ4n) is 3.52. The number of hydrogen-bond acceptors (Lipinski definition) is 3. The average Bonchev–Trinajstić information content (AvgIpc) is 2.52. The van der Waals surface area contributed by atoms with Gasteiger partial charge in [-0.3, -0.25) is 9.69 Å². The van der Waals surface area contributed by atoms with Crippen LogP contribution in [0.25, 0.3) is 0 Å². The summed E-state index contributed by atoms with van der Waals surface area (Å²) in [6, 6.07) is 10.7. The summed E-state index contributed by atoms with van der Waals surface area (Å²) >= 11 is 0. The molecule has 0 bridgehead atoms. The topological polar surface area (TPSA) is 49.6 Å². The van der Waals surface area contributed by atoms with Gasteiger partial charge in [0.1, 0.15) is 0 Å². The maximum Gasteiger partial charge on any atom is 0.239 e. The third kappa shape index (κ3) is 3.44. The van der Waals surface area contributed by atoms with E-state index in [9.17, 15) is 4.79 Å². The van der Waals surface area contributed by atoms with E-state index in [0.717, 1.165) is 51.9 Å². The number of likely N-dealkylation sites (tertiary alicyclic amines) is 2. The first-order valence-corrected chi connectivity index (χ1v) is 8.06. The monoisotopic (exact) mass is 287 g/mol. The Bertz CT molecular complexity index is 468. The molecule has 114 valence electrons. The van der Waals surface area contributed by atoms with E-state index in [2.05, 4.69) is 35.2 Å². The molecule has 21 heavy (non-hydrogen) atoms. The molecule has 2 saturated heterocycles. The van der Waals surface area contributed by atoms with Crippen molar-refractivity contribution in [3.63, 3.8) is 0 Å². The summed E-state index contributed by atoms with van der Waals surface area (Å²) in [6.07, 6.45) is 4.05. The van der Waals surface area contributed by atoms with Gasteiger partial charge in [-0.1, -0.05) is 30.3 Å². The van der Waals surface area contributed by atoms with Gasteiger partial charge in [0, 0.05) is 32.2 Å². The van der Waals surface area contributed by atoms with Crippen molar-refractivity contribution in [3.05, 3.63) is 35.9 Å². The molecule has 1 atom stereocenters. The Morgan fingerprint density at radius 2 is 1.76 bits per heavy atom. The number of rotatable bonds is 3. The van der Waals surface area contributed by atoms with Crippen molar-refractivity contribution < 1.29 is 4.79 Å². The van der Waals surface area contributed by atoms with Crippen LogP contribution in [0.3, 0.4) is 0 Å². The van der Waals surface area contributed by atoms with Crippen LogP contribution in [-0.2, 0) is 11.3 Å². The highest BCUT2D eigenvalue weighted by atomic mass is 16.2. The van der Waals surface area contributed by atoms with E-state index in [0.29, 0.717) is 6.04 Å². The smallest absolute Gasteiger partial charge is 0.239 e. The molecule has 1 aromatic carbocycles. The molecule has 4 heteroatoms. The summed E-state index contributed by atoms with van der Waals surface area (Å²) in [5.41, 5.74) is 7.27. The molecule has 1 unspecified atom stereocenters. The highest BCUT2D eigenvalue weighted by molar-refractivity contribution is 5.82. The number of nitrogens with zero attached hydrogens (tertiary/aromatic N) is 2. The van der Waals surface area contributed by atoms with E-state index < -0.39 is 0 Å². The zero-order valence-corrected chi connectivity index (χ0v) is 12.6. The fourth-order valence-corrected chi connectivity index (χ4v) is 3.52. The van der Waals surface area contributed by atoms with Crippen molar-refractivity contribution in [1.29, 1.82) is 0 Å². The Balaban J connectivity index is 1.52. The predicted molar refractivity (Wildman–Crippen MR) is 83.7 cm³/mol. The Hall–Kier alpha value is -1.39. The maximum absolute atomic E-state index is 12.2. The minimum Gasteiger partial charge on any atom is -0.338 e. The summed E-state index contributed by atoms with van der Waals surface area (Å²) in [5, 5.41) is 0. The molecular formula is C17H25N3O. The molecule has 0 aliphatic carbocycles. The van der Waals surface area contributed by atoms with Crippen molar-refractivity contribution in [2.45, 2.75) is 44.3 Å². The Morgan fingerprint density at radius 1 is 1.05 bits per heavy atom. The van der Waals surface area contributed by atoms with Crippen molar-refractivity contribution in [1.82, 2.24) is 9.80 Å². The first-order valence-electron chi connectivity index (χ1n) is 8.06. The van der Waals surface area contributed by atoms with Gasteiger partial charge in [-0.25, -0.2) is 0 Å². The summed E-state index contributed by atoms with van der Waals surface area (Å²) in [4.78, 5) is 16.7. The lowest BCUT2D eigenvalue weighted by molar-refractivity contribution is -0.138. The number of benzene rings is 1. The Morgan fingerprint density at radius 3 is 2.48 bits per heavy atom. The molecule has 0 radical (unpaired) electrons. The van der Waals surface area contributed by atoms with Crippen LogP contribution in [0, 0.1) is 0 Å². The lowest BCUT2D eigenvalue weighted by Crippen LogP contribution is -2.55. The number of nitrogens with two attached hydrogens (primary N) is 1. The van der Waals surface area contributed by atoms with Gasteiger partial charge in [-0.05, 0) is 31.2 Å². The van der Waals surface area contributed by atoms with Gasteiger partial charge in [0.05, 0.1) is 6.04 Å². The number of carbonyl (C=O) groups excluding carboxylic acids is 1. The van der Waals surface area contributed by atoms with Gasteiger partial charge in [0.2, 0.25) is 5.91 Å². The summed E-state index contributed by atoms with van der Waals surface area (Å²) in [7, 11) is 0. The number of carbonyl (C=O) groups is 1. The molecule has 2 fully saturated rings. The molecule has 0 saturated carbocycles. The second-order valence-corrected chi connectivity index (χ2v) is 6.27. The van der Waals surface area contributed by atoms with Crippen LogP contribution < -0.4 is 5.73 Å². The number of piperidine rings is 2. The number of hydrogen-bond donors (Lipinski definition) is 1. The van der Waals surface area contributed by atoms with E-state index in [-0.39, 0.29) is 11.9 Å². The van der Waals surface area contributed by atoms with Crippen LogP contribution in [-0.4, -0.2) is 47.4 Å². The SMILES string of the molecule is NC1CCCN(C2CCN(Cc3ccccc3)CC2)C1=O. The van der Waals surface area contributed by atoms with E-state index >= 15 is 0 Å². The molecule has 0 spiro atoms. The maximum atomic E-state index is 12.2. The van der Waals surface area contributed by atoms with Gasteiger partial charge >= 0.3 is 0 Å². The molecule has 2 aliphatic heterocycles. The highest BCUT2D eigenvalue weighted by Crippen LogP contribution is 2.22. The lowest BCUT2D eigenvalue weighted by Gasteiger charge is -2.41. The van der Waals surface area contributed by atoms with Crippen LogP contribution in [0.5, 0.6) is 0 Å². The summed E-state index contributed by atoms with van der Waals surface area (Å²) in [6.45, 7) is 4.05. The zero-order chi connectivity index (χ0) is 14.7. The normalized spacial score (nSPS) is 25.3. The second-order valence-electron chi connectivity index (χ2n) is 6.27. The first kappa shape index (κ1) is 14.5. The van der Waals surface area contributed by atoms with Crippen LogP contribution in [0.4, 0.5) is 0 Å². The third-order valence-electron chi connectivity index (χ3n) is 4.76.